The van der Waals surface area contributed by atoms with Gasteiger partial charge in [-0.15, -0.1) is 0 Å². The fourth-order valence-electron chi connectivity index (χ4n) is 3.56. The molecule has 28 heavy (non-hydrogen) atoms. The van der Waals surface area contributed by atoms with Crippen molar-refractivity contribution in [3.8, 4) is 0 Å². The summed E-state index contributed by atoms with van der Waals surface area (Å²) in [5.74, 6) is -2.20. The number of ether oxygens (including phenoxy) is 1. The predicted molar refractivity (Wildman–Crippen MR) is 98.2 cm³/mol. The first-order valence-electron chi connectivity index (χ1n) is 9.24. The van der Waals surface area contributed by atoms with Crippen LogP contribution in [0, 0.1) is 0 Å². The van der Waals surface area contributed by atoms with Gasteiger partial charge in [0, 0.05) is 7.05 Å². The lowest BCUT2D eigenvalue weighted by Crippen LogP contribution is -2.56. The molecule has 1 aromatic rings. The molecule has 0 unspecified atom stereocenters. The maximum absolute atomic E-state index is 13.1. The van der Waals surface area contributed by atoms with E-state index in [0.717, 1.165) is 0 Å². The summed E-state index contributed by atoms with van der Waals surface area (Å²) >= 11 is 0. The molecule has 8 heteroatoms. The average molecular weight is 388 g/mol. The number of carbonyl (C=O) groups is 4. The lowest BCUT2D eigenvalue weighted by atomic mass is 9.96. The van der Waals surface area contributed by atoms with Crippen LogP contribution in [-0.2, 0) is 14.4 Å². The number of rotatable bonds is 3. The van der Waals surface area contributed by atoms with Crippen molar-refractivity contribution in [1.29, 1.82) is 0 Å². The van der Waals surface area contributed by atoms with Gasteiger partial charge in [0.25, 0.3) is 11.8 Å². The van der Waals surface area contributed by atoms with Crippen molar-refractivity contribution in [2.75, 3.05) is 7.05 Å². The molecule has 3 amide bonds. The minimum absolute atomic E-state index is 0.182. The summed E-state index contributed by atoms with van der Waals surface area (Å²) in [6.07, 6.45) is 1.50. The summed E-state index contributed by atoms with van der Waals surface area (Å²) in [7, 11) is 1.48. The van der Waals surface area contributed by atoms with Crippen LogP contribution in [-0.4, -0.2) is 52.0 Å². The highest BCUT2D eigenvalue weighted by atomic mass is 16.7. The molecule has 0 bridgehead atoms. The van der Waals surface area contributed by atoms with E-state index in [-0.39, 0.29) is 11.1 Å². The molecule has 0 radical (unpaired) electrons. The predicted octanol–water partition coefficient (Wildman–Crippen LogP) is 2.92. The van der Waals surface area contributed by atoms with Crippen LogP contribution >= 0.6 is 0 Å². The second-order valence-corrected chi connectivity index (χ2v) is 8.11. The molecule has 1 aromatic carbocycles. The second kappa shape index (κ2) is 6.92. The van der Waals surface area contributed by atoms with Crippen LogP contribution in [0.25, 0.3) is 0 Å². The minimum atomic E-state index is -1.28. The fourth-order valence-corrected chi connectivity index (χ4v) is 3.56. The highest BCUT2D eigenvalue weighted by Gasteiger charge is 2.52. The Morgan fingerprint density at radius 2 is 1.54 bits per heavy atom. The first-order chi connectivity index (χ1) is 13.1. The van der Waals surface area contributed by atoms with Crippen LogP contribution in [0.15, 0.2) is 24.3 Å². The van der Waals surface area contributed by atoms with Crippen LogP contribution < -0.4 is 0 Å². The van der Waals surface area contributed by atoms with Crippen LogP contribution in [0.4, 0.5) is 4.79 Å². The second-order valence-electron chi connectivity index (χ2n) is 8.11. The molecule has 8 nitrogen and oxygen atoms in total. The van der Waals surface area contributed by atoms with Crippen molar-refractivity contribution in [2.24, 2.45) is 0 Å². The van der Waals surface area contributed by atoms with E-state index >= 15 is 0 Å². The number of hydroxylamine groups is 2. The molecule has 3 rings (SSSR count). The monoisotopic (exact) mass is 388 g/mol. The van der Waals surface area contributed by atoms with Gasteiger partial charge in [0.2, 0.25) is 0 Å². The molecular formula is C20H24N2O6. The fraction of sp³-hybridized carbons (Fsp3) is 0.500. The van der Waals surface area contributed by atoms with Gasteiger partial charge in [-0.3, -0.25) is 14.5 Å². The summed E-state index contributed by atoms with van der Waals surface area (Å²) in [5, 5.41) is 0.482. The number of hydrogen-bond donors (Lipinski definition) is 0. The Hall–Kier alpha value is -2.90. The van der Waals surface area contributed by atoms with Crippen molar-refractivity contribution < 1.29 is 28.8 Å². The number of benzene rings is 1. The quantitative estimate of drug-likeness (QED) is 0.739. The molecule has 1 heterocycles. The zero-order valence-electron chi connectivity index (χ0n) is 16.5. The Morgan fingerprint density at radius 1 is 1.04 bits per heavy atom. The normalized spacial score (nSPS) is 18.1. The van der Waals surface area contributed by atoms with Crippen molar-refractivity contribution >= 4 is 23.9 Å². The highest BCUT2D eigenvalue weighted by molar-refractivity contribution is 6.21. The number of likely N-dealkylation sites (N-methyl/N-ethyl adjacent to an activating group) is 1. The highest BCUT2D eigenvalue weighted by Crippen LogP contribution is 2.37. The van der Waals surface area contributed by atoms with Crippen LogP contribution in [0.3, 0.4) is 0 Å². The zero-order valence-corrected chi connectivity index (χ0v) is 16.5. The molecule has 0 saturated heterocycles. The Bertz CT molecular complexity index is 800. The number of imide groups is 1. The maximum Gasteiger partial charge on any atom is 0.410 e. The molecule has 2 aliphatic rings. The number of amides is 3. The molecule has 150 valence electrons. The molecule has 0 aromatic heterocycles. The van der Waals surface area contributed by atoms with Crippen molar-refractivity contribution in [2.45, 2.75) is 57.6 Å². The van der Waals surface area contributed by atoms with Crippen molar-refractivity contribution in [1.82, 2.24) is 9.96 Å². The first kappa shape index (κ1) is 19.9. The third kappa shape index (κ3) is 3.34. The van der Waals surface area contributed by atoms with Crippen molar-refractivity contribution in [3.05, 3.63) is 35.4 Å². The largest absolute Gasteiger partial charge is 0.444 e. The molecule has 1 aliphatic heterocycles. The summed E-state index contributed by atoms with van der Waals surface area (Å²) in [6, 6.07) is 6.26. The zero-order chi connectivity index (χ0) is 20.7. The van der Waals surface area contributed by atoms with E-state index in [4.69, 9.17) is 9.57 Å². The molecule has 1 aliphatic carbocycles. The average Bonchev–Trinajstić information content (AvgIpc) is 3.21. The minimum Gasteiger partial charge on any atom is -0.444 e. The van der Waals surface area contributed by atoms with Gasteiger partial charge in [-0.05, 0) is 45.7 Å². The number of nitrogens with zero attached hydrogens (tertiary/aromatic N) is 2. The molecule has 0 N–H and O–H groups in total. The number of carbonyl (C=O) groups excluding carboxylic acids is 4. The van der Waals surface area contributed by atoms with Gasteiger partial charge in [-0.25, -0.2) is 9.59 Å². The summed E-state index contributed by atoms with van der Waals surface area (Å²) in [5.41, 5.74) is -1.64. The SMILES string of the molecule is CN(C(=O)OC(C)(C)C)C1(C(=O)ON2C(=O)c3ccccc3C2=O)CCCC1. The van der Waals surface area contributed by atoms with Crippen LogP contribution in [0.1, 0.15) is 67.2 Å². The molecule has 1 fully saturated rings. The Labute approximate surface area is 163 Å². The Kier molecular flexibility index (Phi) is 4.91. The Balaban J connectivity index is 1.82. The van der Waals surface area contributed by atoms with Crippen molar-refractivity contribution in [3.63, 3.8) is 0 Å². The van der Waals surface area contributed by atoms with Gasteiger partial charge in [0.1, 0.15) is 11.1 Å². The number of hydrogen-bond acceptors (Lipinski definition) is 6. The van der Waals surface area contributed by atoms with Gasteiger partial charge >= 0.3 is 12.1 Å². The van der Waals surface area contributed by atoms with E-state index in [1.165, 1.54) is 24.1 Å². The van der Waals surface area contributed by atoms with Gasteiger partial charge in [-0.2, -0.15) is 0 Å². The summed E-state index contributed by atoms with van der Waals surface area (Å²) in [6.45, 7) is 5.20. The standard InChI is InChI=1S/C20H24N2O6/c1-19(2,3)27-18(26)21(4)20(11-7-8-12-20)17(25)28-22-15(23)13-9-5-6-10-14(13)16(22)24/h5-6,9-10H,7-8,11-12H2,1-4H3. The third-order valence-electron chi connectivity index (χ3n) is 5.05. The van der Waals surface area contributed by atoms with E-state index in [0.29, 0.717) is 30.7 Å². The van der Waals surface area contributed by atoms with E-state index in [1.54, 1.807) is 32.9 Å². The molecule has 0 spiro atoms. The molecule has 1 saturated carbocycles. The van der Waals surface area contributed by atoms with Gasteiger partial charge in [0.15, 0.2) is 0 Å². The topological polar surface area (TPSA) is 93.2 Å². The van der Waals surface area contributed by atoms with Crippen LogP contribution in [0.5, 0.6) is 0 Å². The maximum atomic E-state index is 13.1. The van der Waals surface area contributed by atoms with E-state index in [9.17, 15) is 19.2 Å². The number of fused-ring (bicyclic) bond motifs is 1. The third-order valence-corrected chi connectivity index (χ3v) is 5.05. The van der Waals surface area contributed by atoms with Gasteiger partial charge < -0.3 is 9.57 Å². The molecular weight excluding hydrogens is 364 g/mol. The first-order valence-corrected chi connectivity index (χ1v) is 9.24. The lowest BCUT2D eigenvalue weighted by molar-refractivity contribution is -0.182. The van der Waals surface area contributed by atoms with Gasteiger partial charge in [-0.1, -0.05) is 30.0 Å². The smallest absolute Gasteiger partial charge is 0.410 e. The van der Waals surface area contributed by atoms with Gasteiger partial charge in [0.05, 0.1) is 11.1 Å². The summed E-state index contributed by atoms with van der Waals surface area (Å²) in [4.78, 5) is 57.0. The van der Waals surface area contributed by atoms with E-state index in [1.807, 2.05) is 0 Å². The molecule has 0 atom stereocenters. The van der Waals surface area contributed by atoms with E-state index in [2.05, 4.69) is 0 Å². The van der Waals surface area contributed by atoms with E-state index < -0.39 is 35.0 Å². The Morgan fingerprint density at radius 3 is 2.00 bits per heavy atom. The summed E-state index contributed by atoms with van der Waals surface area (Å²) < 4.78 is 5.38. The van der Waals surface area contributed by atoms with Crippen LogP contribution in [0.2, 0.25) is 0 Å². The lowest BCUT2D eigenvalue weighted by Gasteiger charge is -2.37.